The molecule has 0 aliphatic heterocycles. The number of aromatic nitrogens is 4. The van der Waals surface area contributed by atoms with Crippen molar-refractivity contribution in [2.24, 2.45) is 0 Å². The van der Waals surface area contributed by atoms with Gasteiger partial charge >= 0.3 is 0 Å². The van der Waals surface area contributed by atoms with Crippen molar-refractivity contribution in [3.05, 3.63) is 133 Å². The fourth-order valence-electron chi connectivity index (χ4n) is 5.72. The molecule has 0 saturated heterocycles. The summed E-state index contributed by atoms with van der Waals surface area (Å²) in [5.74, 6) is 0. The predicted molar refractivity (Wildman–Crippen MR) is 176 cm³/mol. The zero-order valence-corrected chi connectivity index (χ0v) is 23.9. The van der Waals surface area contributed by atoms with Crippen molar-refractivity contribution in [2.75, 3.05) is 0 Å². The maximum Gasteiger partial charge on any atom is 0.141 e. The van der Waals surface area contributed by atoms with E-state index in [1.165, 1.54) is 43.8 Å². The molecule has 6 heteroatoms. The van der Waals surface area contributed by atoms with Gasteiger partial charge in [-0.05, 0) is 85.3 Å². The Bertz CT molecular complexity index is 2190. The summed E-state index contributed by atoms with van der Waals surface area (Å²) in [7, 11) is 0. The Hall–Kier alpha value is -5.04. The molecule has 0 spiro atoms. The number of hydrogen-bond acceptors (Lipinski definition) is 6. The standard InChI is InChI=1S/C36H22N4S2/c1-2-6-23(7-3-1)24-10-11-29-30(20-24)34(26-13-15-38-32(22-26)36-40-17-19-42-36)28-9-5-4-8-27(28)33(29)25-12-14-37-31(21-25)35-39-16-18-41-35/h1-22H. The van der Waals surface area contributed by atoms with E-state index >= 15 is 0 Å². The van der Waals surface area contributed by atoms with Gasteiger partial charge in [-0.25, -0.2) is 9.97 Å². The minimum absolute atomic E-state index is 0.880. The lowest BCUT2D eigenvalue weighted by molar-refractivity contribution is 1.29. The molecule has 4 heterocycles. The minimum atomic E-state index is 0.880. The van der Waals surface area contributed by atoms with Crippen LogP contribution < -0.4 is 0 Å². The van der Waals surface area contributed by atoms with Crippen LogP contribution >= 0.6 is 22.7 Å². The first-order valence-corrected chi connectivity index (χ1v) is 15.4. The fraction of sp³-hybridized carbons (Fsp3) is 0. The third-order valence-electron chi connectivity index (χ3n) is 7.53. The quantitative estimate of drug-likeness (QED) is 0.192. The van der Waals surface area contributed by atoms with Crippen LogP contribution in [0.25, 0.3) is 76.3 Å². The van der Waals surface area contributed by atoms with Gasteiger partial charge in [0, 0.05) is 35.5 Å². The van der Waals surface area contributed by atoms with E-state index in [9.17, 15) is 0 Å². The highest BCUT2D eigenvalue weighted by atomic mass is 32.1. The molecule has 0 amide bonds. The highest BCUT2D eigenvalue weighted by molar-refractivity contribution is 7.13. The smallest absolute Gasteiger partial charge is 0.141 e. The molecule has 0 fully saturated rings. The first-order chi connectivity index (χ1) is 20.8. The van der Waals surface area contributed by atoms with Crippen molar-refractivity contribution in [1.29, 1.82) is 0 Å². The van der Waals surface area contributed by atoms with Gasteiger partial charge in [-0.3, -0.25) is 9.97 Å². The molecule has 198 valence electrons. The van der Waals surface area contributed by atoms with Crippen LogP contribution in [0.1, 0.15) is 0 Å². The molecule has 8 aromatic rings. The highest BCUT2D eigenvalue weighted by Gasteiger charge is 2.19. The van der Waals surface area contributed by atoms with Crippen LogP contribution in [0, 0.1) is 0 Å². The van der Waals surface area contributed by atoms with Crippen LogP contribution in [0.5, 0.6) is 0 Å². The molecule has 0 aliphatic carbocycles. The minimum Gasteiger partial charge on any atom is -0.254 e. The van der Waals surface area contributed by atoms with Gasteiger partial charge in [-0.1, -0.05) is 66.7 Å². The number of nitrogens with zero attached hydrogens (tertiary/aromatic N) is 4. The summed E-state index contributed by atoms with van der Waals surface area (Å²) in [6, 6.07) is 34.7. The Labute approximate surface area is 250 Å². The van der Waals surface area contributed by atoms with E-state index in [1.807, 2.05) is 35.5 Å². The Balaban J connectivity index is 1.47. The second kappa shape index (κ2) is 10.4. The molecule has 4 nitrogen and oxygen atoms in total. The first-order valence-electron chi connectivity index (χ1n) is 13.6. The zero-order valence-electron chi connectivity index (χ0n) is 22.3. The van der Waals surface area contributed by atoms with Crippen molar-refractivity contribution in [1.82, 2.24) is 19.9 Å². The second-order valence-corrected chi connectivity index (χ2v) is 11.7. The summed E-state index contributed by atoms with van der Waals surface area (Å²) >= 11 is 3.21. The van der Waals surface area contributed by atoms with E-state index < -0.39 is 0 Å². The summed E-state index contributed by atoms with van der Waals surface area (Å²) in [6.45, 7) is 0. The summed E-state index contributed by atoms with van der Waals surface area (Å²) in [5.41, 5.74) is 8.75. The third kappa shape index (κ3) is 4.29. The van der Waals surface area contributed by atoms with Crippen LogP contribution in [0.3, 0.4) is 0 Å². The number of pyridine rings is 2. The molecule has 0 atom stereocenters. The SMILES string of the molecule is c1ccc(-c2ccc3c(-c4ccnc(-c5nccs5)c4)c4ccccc4c(-c4ccnc(-c5nccs5)c4)c3c2)cc1. The van der Waals surface area contributed by atoms with E-state index in [0.29, 0.717) is 0 Å². The topological polar surface area (TPSA) is 51.6 Å². The first kappa shape index (κ1) is 24.7. The van der Waals surface area contributed by atoms with E-state index in [-0.39, 0.29) is 0 Å². The van der Waals surface area contributed by atoms with Crippen LogP contribution in [0.4, 0.5) is 0 Å². The lowest BCUT2D eigenvalue weighted by atomic mass is 9.85. The molecule has 0 radical (unpaired) electrons. The summed E-state index contributed by atoms with van der Waals surface area (Å²) < 4.78 is 0. The van der Waals surface area contributed by atoms with Gasteiger partial charge in [-0.2, -0.15) is 0 Å². The molecule has 0 aliphatic rings. The lowest BCUT2D eigenvalue weighted by Gasteiger charge is -2.19. The normalized spacial score (nSPS) is 11.3. The predicted octanol–water partition coefficient (Wildman–Crippen LogP) is 10.0. The number of benzene rings is 4. The van der Waals surface area contributed by atoms with Crippen LogP contribution in [0.15, 0.2) is 133 Å². The Morgan fingerprint density at radius 3 is 1.50 bits per heavy atom. The van der Waals surface area contributed by atoms with Gasteiger partial charge in [0.05, 0.1) is 11.4 Å². The summed E-state index contributed by atoms with van der Waals surface area (Å²) in [4.78, 5) is 18.4. The molecule has 8 rings (SSSR count). The molecular weight excluding hydrogens is 553 g/mol. The summed E-state index contributed by atoms with van der Waals surface area (Å²) in [5, 5.41) is 10.6. The summed E-state index contributed by atoms with van der Waals surface area (Å²) in [6.07, 6.45) is 7.44. The van der Waals surface area contributed by atoms with Gasteiger partial charge in [0.1, 0.15) is 10.0 Å². The van der Waals surface area contributed by atoms with Gasteiger partial charge in [0.15, 0.2) is 0 Å². The molecule has 0 unspecified atom stereocenters. The van der Waals surface area contributed by atoms with E-state index in [4.69, 9.17) is 0 Å². The Morgan fingerprint density at radius 1 is 0.381 bits per heavy atom. The van der Waals surface area contributed by atoms with Crippen LogP contribution in [-0.2, 0) is 0 Å². The van der Waals surface area contributed by atoms with Gasteiger partial charge in [0.25, 0.3) is 0 Å². The number of rotatable bonds is 5. The Morgan fingerprint density at radius 2 is 0.929 bits per heavy atom. The Kier molecular flexibility index (Phi) is 6.13. The molecule has 4 aromatic carbocycles. The highest BCUT2D eigenvalue weighted by Crippen LogP contribution is 2.45. The van der Waals surface area contributed by atoms with Crippen molar-refractivity contribution in [2.45, 2.75) is 0 Å². The number of thiazole rings is 2. The van der Waals surface area contributed by atoms with E-state index in [0.717, 1.165) is 32.5 Å². The van der Waals surface area contributed by atoms with E-state index in [1.54, 1.807) is 22.7 Å². The fourth-order valence-corrected chi connectivity index (χ4v) is 6.93. The molecule has 42 heavy (non-hydrogen) atoms. The average molecular weight is 575 g/mol. The van der Waals surface area contributed by atoms with E-state index in [2.05, 4.69) is 117 Å². The monoisotopic (exact) mass is 574 g/mol. The molecule has 0 saturated carbocycles. The van der Waals surface area contributed by atoms with Crippen molar-refractivity contribution in [3.63, 3.8) is 0 Å². The van der Waals surface area contributed by atoms with Gasteiger partial charge in [0.2, 0.25) is 0 Å². The van der Waals surface area contributed by atoms with Crippen molar-refractivity contribution >= 4 is 44.2 Å². The van der Waals surface area contributed by atoms with Crippen LogP contribution in [0.2, 0.25) is 0 Å². The largest absolute Gasteiger partial charge is 0.254 e. The molecule has 0 N–H and O–H groups in total. The van der Waals surface area contributed by atoms with Crippen molar-refractivity contribution < 1.29 is 0 Å². The zero-order chi connectivity index (χ0) is 27.9. The number of fused-ring (bicyclic) bond motifs is 2. The maximum atomic E-state index is 4.67. The van der Waals surface area contributed by atoms with Gasteiger partial charge in [-0.15, -0.1) is 22.7 Å². The third-order valence-corrected chi connectivity index (χ3v) is 9.12. The van der Waals surface area contributed by atoms with Crippen molar-refractivity contribution in [3.8, 4) is 54.8 Å². The maximum absolute atomic E-state index is 4.67. The number of hydrogen-bond donors (Lipinski definition) is 0. The van der Waals surface area contributed by atoms with Crippen LogP contribution in [-0.4, -0.2) is 19.9 Å². The molecular formula is C36H22N4S2. The second-order valence-electron chi connectivity index (χ2n) is 9.96. The van der Waals surface area contributed by atoms with Gasteiger partial charge < -0.3 is 0 Å². The molecule has 4 aromatic heterocycles. The lowest BCUT2D eigenvalue weighted by Crippen LogP contribution is -1.93. The molecule has 0 bridgehead atoms. The average Bonchev–Trinajstić information content (AvgIpc) is 3.80.